The Hall–Kier alpha value is -3.46. The average molecular weight is 441 g/mol. The molecule has 8 nitrogen and oxygen atoms in total. The molecule has 0 fully saturated rings. The number of benzene rings is 2. The van der Waals surface area contributed by atoms with Gasteiger partial charge in [-0.05, 0) is 56.7 Å². The maximum Gasteiger partial charge on any atom is 0.293 e. The minimum atomic E-state index is -4.00. The summed E-state index contributed by atoms with van der Waals surface area (Å²) in [5.74, 6) is 0. The second-order valence-corrected chi connectivity index (χ2v) is 9.06. The predicted molar refractivity (Wildman–Crippen MR) is 121 cm³/mol. The van der Waals surface area contributed by atoms with Crippen molar-refractivity contribution < 1.29 is 13.3 Å². The highest BCUT2D eigenvalue weighted by Crippen LogP contribution is 2.35. The van der Waals surface area contributed by atoms with Gasteiger partial charge in [0, 0.05) is 19.3 Å². The van der Waals surface area contributed by atoms with E-state index >= 15 is 0 Å². The molecule has 0 bridgehead atoms. The number of aryl methyl sites for hydroxylation is 2. The highest BCUT2D eigenvalue weighted by Gasteiger charge is 2.26. The van der Waals surface area contributed by atoms with Crippen LogP contribution in [0.4, 0.5) is 17.1 Å². The van der Waals surface area contributed by atoms with Crippen LogP contribution in [0.2, 0.25) is 0 Å². The first-order chi connectivity index (χ1) is 14.6. The Labute approximate surface area is 181 Å². The standard InChI is InChI=1S/C22H24N4O4S/c1-15-8-10-19(16(2)13-15)24-31(29,30)18-9-11-21(22(14-18)26(27)28)25(4)17(3)20-7-5-6-12-23-20/h5-14,17,24H,1-4H3. The van der Waals surface area contributed by atoms with Gasteiger partial charge in [-0.2, -0.15) is 0 Å². The van der Waals surface area contributed by atoms with E-state index in [1.54, 1.807) is 43.3 Å². The molecule has 162 valence electrons. The lowest BCUT2D eigenvalue weighted by molar-refractivity contribution is -0.384. The summed E-state index contributed by atoms with van der Waals surface area (Å²) in [6.07, 6.45) is 1.66. The Kier molecular flexibility index (Phi) is 6.26. The molecule has 1 unspecified atom stereocenters. The number of hydrogen-bond donors (Lipinski definition) is 1. The zero-order valence-electron chi connectivity index (χ0n) is 17.7. The molecular weight excluding hydrogens is 416 g/mol. The fraction of sp³-hybridized carbons (Fsp3) is 0.227. The molecule has 3 rings (SSSR count). The largest absolute Gasteiger partial charge is 0.361 e. The van der Waals surface area contributed by atoms with Crippen LogP contribution in [0.25, 0.3) is 0 Å². The van der Waals surface area contributed by atoms with E-state index in [2.05, 4.69) is 9.71 Å². The van der Waals surface area contributed by atoms with Crippen LogP contribution in [0.15, 0.2) is 65.7 Å². The van der Waals surface area contributed by atoms with Gasteiger partial charge in [0.2, 0.25) is 0 Å². The van der Waals surface area contributed by atoms with Gasteiger partial charge >= 0.3 is 0 Å². The molecule has 0 spiro atoms. The zero-order valence-corrected chi connectivity index (χ0v) is 18.6. The van der Waals surface area contributed by atoms with Crippen LogP contribution in [0.1, 0.15) is 29.8 Å². The second-order valence-electron chi connectivity index (χ2n) is 7.37. The van der Waals surface area contributed by atoms with Crippen molar-refractivity contribution in [2.75, 3.05) is 16.7 Å². The summed E-state index contributed by atoms with van der Waals surface area (Å²) < 4.78 is 28.3. The molecule has 9 heteroatoms. The molecule has 0 aliphatic heterocycles. The lowest BCUT2D eigenvalue weighted by Gasteiger charge is -2.26. The number of nitro benzene ring substituents is 1. The summed E-state index contributed by atoms with van der Waals surface area (Å²) >= 11 is 0. The molecular formula is C22H24N4O4S. The molecule has 1 atom stereocenters. The number of nitrogens with one attached hydrogen (secondary N) is 1. The fourth-order valence-corrected chi connectivity index (χ4v) is 4.43. The van der Waals surface area contributed by atoms with E-state index in [9.17, 15) is 18.5 Å². The van der Waals surface area contributed by atoms with Crippen LogP contribution in [-0.2, 0) is 10.0 Å². The molecule has 1 heterocycles. The summed E-state index contributed by atoms with van der Waals surface area (Å²) in [4.78, 5) is 17.0. The Morgan fingerprint density at radius 3 is 2.45 bits per heavy atom. The molecule has 0 aliphatic rings. The van der Waals surface area contributed by atoms with E-state index in [1.807, 2.05) is 32.0 Å². The SMILES string of the molecule is Cc1ccc(NS(=O)(=O)c2ccc(N(C)C(C)c3ccccn3)c([N+](=O)[O-])c2)c(C)c1. The Morgan fingerprint density at radius 1 is 1.10 bits per heavy atom. The Bertz CT molecular complexity index is 1210. The molecule has 2 aromatic carbocycles. The van der Waals surface area contributed by atoms with Crippen molar-refractivity contribution in [1.82, 2.24) is 4.98 Å². The Morgan fingerprint density at radius 2 is 1.84 bits per heavy atom. The van der Waals surface area contributed by atoms with E-state index < -0.39 is 14.9 Å². The van der Waals surface area contributed by atoms with Gasteiger partial charge in [0.15, 0.2) is 0 Å². The third kappa shape index (κ3) is 4.83. The van der Waals surface area contributed by atoms with Crippen molar-refractivity contribution in [1.29, 1.82) is 0 Å². The quantitative estimate of drug-likeness (QED) is 0.425. The molecule has 31 heavy (non-hydrogen) atoms. The monoisotopic (exact) mass is 440 g/mol. The van der Waals surface area contributed by atoms with Gasteiger partial charge in [0.1, 0.15) is 5.69 Å². The number of pyridine rings is 1. The molecule has 0 aliphatic carbocycles. The van der Waals surface area contributed by atoms with Crippen molar-refractivity contribution >= 4 is 27.1 Å². The van der Waals surface area contributed by atoms with Gasteiger partial charge in [-0.25, -0.2) is 8.42 Å². The first kappa shape index (κ1) is 22.2. The van der Waals surface area contributed by atoms with E-state index in [-0.39, 0.29) is 16.6 Å². The summed E-state index contributed by atoms with van der Waals surface area (Å²) in [5.41, 5.74) is 2.94. The van der Waals surface area contributed by atoms with Crippen molar-refractivity contribution in [3.63, 3.8) is 0 Å². The number of rotatable bonds is 7. The summed E-state index contributed by atoms with van der Waals surface area (Å²) in [5, 5.41) is 11.8. The van der Waals surface area contributed by atoms with Crippen molar-refractivity contribution in [3.8, 4) is 0 Å². The normalized spacial score (nSPS) is 12.3. The topological polar surface area (TPSA) is 105 Å². The minimum Gasteiger partial charge on any atom is -0.361 e. The number of aromatic nitrogens is 1. The third-order valence-electron chi connectivity index (χ3n) is 5.16. The molecule has 0 radical (unpaired) electrons. The predicted octanol–water partition coefficient (Wildman–Crippen LogP) is 4.60. The summed E-state index contributed by atoms with van der Waals surface area (Å²) in [6.45, 7) is 5.58. The number of hydrogen-bond acceptors (Lipinski definition) is 6. The average Bonchev–Trinajstić information content (AvgIpc) is 2.74. The smallest absolute Gasteiger partial charge is 0.293 e. The number of sulfonamides is 1. The minimum absolute atomic E-state index is 0.179. The first-order valence-corrected chi connectivity index (χ1v) is 11.1. The maximum atomic E-state index is 12.9. The van der Waals surface area contributed by atoms with E-state index in [0.717, 1.165) is 22.9 Å². The van der Waals surface area contributed by atoms with Crippen LogP contribution >= 0.6 is 0 Å². The van der Waals surface area contributed by atoms with E-state index in [1.165, 1.54) is 12.1 Å². The van der Waals surface area contributed by atoms with Crippen LogP contribution in [0.5, 0.6) is 0 Å². The van der Waals surface area contributed by atoms with Crippen LogP contribution in [-0.4, -0.2) is 25.4 Å². The molecule has 0 amide bonds. The van der Waals surface area contributed by atoms with Crippen molar-refractivity contribution in [3.05, 3.63) is 87.7 Å². The van der Waals surface area contributed by atoms with Gasteiger partial charge in [-0.15, -0.1) is 0 Å². The second kappa shape index (κ2) is 8.73. The van der Waals surface area contributed by atoms with Crippen LogP contribution in [0.3, 0.4) is 0 Å². The van der Waals surface area contributed by atoms with E-state index in [4.69, 9.17) is 0 Å². The third-order valence-corrected chi connectivity index (χ3v) is 6.52. The highest BCUT2D eigenvalue weighted by molar-refractivity contribution is 7.92. The molecule has 3 aromatic rings. The summed E-state index contributed by atoms with van der Waals surface area (Å²) in [6, 6.07) is 14.5. The van der Waals surface area contributed by atoms with Crippen molar-refractivity contribution in [2.24, 2.45) is 0 Å². The lowest BCUT2D eigenvalue weighted by Crippen LogP contribution is -2.23. The van der Waals surface area contributed by atoms with E-state index in [0.29, 0.717) is 11.4 Å². The van der Waals surface area contributed by atoms with Gasteiger partial charge < -0.3 is 4.90 Å². The zero-order chi connectivity index (χ0) is 22.8. The molecule has 0 saturated heterocycles. The number of nitro groups is 1. The lowest BCUT2D eigenvalue weighted by atomic mass is 10.1. The fourth-order valence-electron chi connectivity index (χ4n) is 3.28. The van der Waals surface area contributed by atoms with Gasteiger partial charge in [0.25, 0.3) is 15.7 Å². The van der Waals surface area contributed by atoms with Crippen LogP contribution in [0, 0.1) is 24.0 Å². The maximum absolute atomic E-state index is 12.9. The number of anilines is 2. The Balaban J connectivity index is 1.97. The van der Waals surface area contributed by atoms with Gasteiger partial charge in [-0.3, -0.25) is 19.8 Å². The molecule has 0 saturated carbocycles. The molecule has 1 aromatic heterocycles. The molecule has 1 N–H and O–H groups in total. The summed E-state index contributed by atoms with van der Waals surface area (Å²) in [7, 11) is -2.29. The highest BCUT2D eigenvalue weighted by atomic mass is 32.2. The van der Waals surface area contributed by atoms with Gasteiger partial charge in [-0.1, -0.05) is 23.8 Å². The van der Waals surface area contributed by atoms with Crippen LogP contribution < -0.4 is 9.62 Å². The first-order valence-electron chi connectivity index (χ1n) is 9.62. The number of nitrogens with zero attached hydrogens (tertiary/aromatic N) is 3. The van der Waals surface area contributed by atoms with Crippen molar-refractivity contribution in [2.45, 2.75) is 31.7 Å². The van der Waals surface area contributed by atoms with Gasteiger partial charge in [0.05, 0.1) is 27.2 Å².